The zero-order valence-corrected chi connectivity index (χ0v) is 22.2. The van der Waals surface area contributed by atoms with Gasteiger partial charge in [0.2, 0.25) is 0 Å². The smallest absolute Gasteiger partial charge is 0.387 e. The predicted molar refractivity (Wildman–Crippen MR) is 133 cm³/mol. The second kappa shape index (κ2) is 8.35. The number of hydrogen-bond acceptors (Lipinski definition) is 5. The van der Waals surface area contributed by atoms with E-state index in [1.54, 1.807) is 14.2 Å². The Morgan fingerprint density at radius 3 is 1.28 bits per heavy atom. The van der Waals surface area contributed by atoms with E-state index in [9.17, 15) is 0 Å². The lowest BCUT2D eigenvalue weighted by molar-refractivity contribution is 0.183. The van der Waals surface area contributed by atoms with Gasteiger partial charge in [-0.25, -0.2) is 0 Å². The van der Waals surface area contributed by atoms with Crippen molar-refractivity contribution in [3.8, 4) is 11.5 Å². The SMILES string of the molecule is COc1cc(C(C)(C)C)c2op(OC(C)(C)C)oc3c(C(C)(C)C)cc(OC)cc3c2c1. The Morgan fingerprint density at radius 1 is 0.625 bits per heavy atom. The van der Waals surface area contributed by atoms with Crippen molar-refractivity contribution in [1.29, 1.82) is 0 Å². The minimum Gasteiger partial charge on any atom is -0.497 e. The highest BCUT2D eigenvalue weighted by Crippen LogP contribution is 2.45. The van der Waals surface area contributed by atoms with E-state index >= 15 is 0 Å². The van der Waals surface area contributed by atoms with Crippen molar-refractivity contribution in [3.63, 3.8) is 0 Å². The van der Waals surface area contributed by atoms with Crippen LogP contribution >= 0.6 is 8.24 Å². The van der Waals surface area contributed by atoms with Gasteiger partial charge in [0, 0.05) is 21.9 Å². The van der Waals surface area contributed by atoms with Gasteiger partial charge in [-0.05, 0) is 55.9 Å². The topological polar surface area (TPSA) is 54.0 Å². The maximum Gasteiger partial charge on any atom is 0.387 e. The summed E-state index contributed by atoms with van der Waals surface area (Å²) in [7, 11) is 1.68. The molecule has 176 valence electrons. The van der Waals surface area contributed by atoms with E-state index < -0.39 is 13.8 Å². The first-order chi connectivity index (χ1) is 14.6. The van der Waals surface area contributed by atoms with Crippen LogP contribution in [-0.2, 0) is 10.8 Å². The molecule has 3 aromatic rings. The highest BCUT2D eigenvalue weighted by Gasteiger charge is 2.26. The van der Waals surface area contributed by atoms with E-state index in [0.717, 1.165) is 44.6 Å². The molecule has 0 aliphatic rings. The van der Waals surface area contributed by atoms with Crippen molar-refractivity contribution in [3.05, 3.63) is 35.4 Å². The van der Waals surface area contributed by atoms with Crippen LogP contribution in [0.2, 0.25) is 0 Å². The monoisotopic (exact) mass is 460 g/mol. The van der Waals surface area contributed by atoms with Crippen molar-refractivity contribution in [2.24, 2.45) is 0 Å². The molecule has 3 rings (SSSR count). The van der Waals surface area contributed by atoms with Crippen LogP contribution in [0.5, 0.6) is 11.5 Å². The Morgan fingerprint density at radius 2 is 1.00 bits per heavy atom. The molecular weight excluding hydrogens is 423 g/mol. The van der Waals surface area contributed by atoms with Gasteiger partial charge in [0.05, 0.1) is 19.8 Å². The second-order valence-electron chi connectivity index (χ2n) is 11.2. The fourth-order valence-electron chi connectivity index (χ4n) is 3.58. The third-order valence-electron chi connectivity index (χ3n) is 5.18. The zero-order chi connectivity index (χ0) is 24.1. The molecule has 0 aliphatic heterocycles. The summed E-state index contributed by atoms with van der Waals surface area (Å²) in [5.41, 5.74) is 2.80. The maximum atomic E-state index is 6.54. The third-order valence-corrected chi connectivity index (χ3v) is 6.54. The zero-order valence-electron chi connectivity index (χ0n) is 21.3. The molecule has 1 aromatic heterocycles. The lowest BCUT2D eigenvalue weighted by atomic mass is 9.84. The van der Waals surface area contributed by atoms with Crippen LogP contribution < -0.4 is 14.0 Å². The predicted octanol–water partition coefficient (Wildman–Crippen LogP) is 8.13. The van der Waals surface area contributed by atoms with E-state index in [2.05, 4.69) is 41.5 Å². The van der Waals surface area contributed by atoms with Crippen LogP contribution in [0.25, 0.3) is 21.9 Å². The molecule has 2 aromatic carbocycles. The van der Waals surface area contributed by atoms with Gasteiger partial charge in [-0.15, -0.1) is 0 Å². The molecule has 0 spiro atoms. The average molecular weight is 461 g/mol. The van der Waals surface area contributed by atoms with Crippen LogP contribution in [0.1, 0.15) is 73.4 Å². The lowest BCUT2D eigenvalue weighted by Gasteiger charge is -2.21. The summed E-state index contributed by atoms with van der Waals surface area (Å²) in [6, 6.07) is 8.10. The molecule has 1 heterocycles. The molecule has 0 radical (unpaired) electrons. The molecular formula is C26H37O5P. The Bertz CT molecular complexity index is 1090. The van der Waals surface area contributed by atoms with Crippen LogP contribution in [0.4, 0.5) is 0 Å². The summed E-state index contributed by atoms with van der Waals surface area (Å²) in [5.74, 6) is 1.54. The molecule has 32 heavy (non-hydrogen) atoms. The fourth-order valence-corrected chi connectivity index (χ4v) is 4.83. The molecule has 5 nitrogen and oxygen atoms in total. The third kappa shape index (κ3) is 5.10. The van der Waals surface area contributed by atoms with Gasteiger partial charge in [-0.2, -0.15) is 0 Å². The fraction of sp³-hybridized carbons (Fsp3) is 0.538. The Labute approximate surface area is 192 Å². The minimum atomic E-state index is -1.70. The first kappa shape index (κ1) is 24.5. The second-order valence-corrected chi connectivity index (χ2v) is 12.2. The standard InChI is InChI=1S/C26H37O5P/c1-24(2,3)20-14-16(27-10)12-18-19-13-17(28-11)15-21(25(4,5)6)23(19)30-32(29-22(18)20)31-26(7,8)9/h12-15H,1-11H3. The number of fused-ring (bicyclic) bond motifs is 3. The van der Waals surface area contributed by atoms with Crippen molar-refractivity contribution in [2.75, 3.05) is 14.2 Å². The first-order valence-corrected chi connectivity index (χ1v) is 12.0. The van der Waals surface area contributed by atoms with Crippen molar-refractivity contribution < 1.29 is 22.4 Å². The van der Waals surface area contributed by atoms with E-state index in [1.165, 1.54) is 0 Å². The quantitative estimate of drug-likeness (QED) is 0.395. The number of benzene rings is 2. The molecule has 0 fully saturated rings. The average Bonchev–Trinajstić information content (AvgIpc) is 2.79. The summed E-state index contributed by atoms with van der Waals surface area (Å²) in [4.78, 5) is 0. The number of rotatable bonds is 3. The summed E-state index contributed by atoms with van der Waals surface area (Å²) < 4.78 is 30.7. The first-order valence-electron chi connectivity index (χ1n) is 10.9. The van der Waals surface area contributed by atoms with Gasteiger partial charge < -0.3 is 17.9 Å². The van der Waals surface area contributed by atoms with Gasteiger partial charge in [-0.1, -0.05) is 41.5 Å². The van der Waals surface area contributed by atoms with Gasteiger partial charge in [0.15, 0.2) is 0 Å². The molecule has 0 N–H and O–H groups in total. The normalized spacial score (nSPS) is 13.0. The summed E-state index contributed by atoms with van der Waals surface area (Å²) in [5, 5.41) is 1.83. The largest absolute Gasteiger partial charge is 0.497 e. The van der Waals surface area contributed by atoms with Gasteiger partial charge in [0.25, 0.3) is 0 Å². The van der Waals surface area contributed by atoms with E-state index in [-0.39, 0.29) is 10.8 Å². The number of methoxy groups -OCH3 is 2. The van der Waals surface area contributed by atoms with Crippen LogP contribution in [0.3, 0.4) is 0 Å². The van der Waals surface area contributed by atoms with Crippen LogP contribution in [0.15, 0.2) is 32.7 Å². The Kier molecular flexibility index (Phi) is 6.40. The number of ether oxygens (including phenoxy) is 2. The summed E-state index contributed by atoms with van der Waals surface area (Å²) >= 11 is 0. The maximum absolute atomic E-state index is 6.54. The van der Waals surface area contributed by atoms with Crippen LogP contribution in [-0.4, -0.2) is 19.8 Å². The lowest BCUT2D eigenvalue weighted by Crippen LogP contribution is -2.21. The van der Waals surface area contributed by atoms with Gasteiger partial charge >= 0.3 is 8.24 Å². The highest BCUT2D eigenvalue weighted by molar-refractivity contribution is 7.31. The molecule has 0 unspecified atom stereocenters. The molecule has 0 amide bonds. The molecule has 0 bridgehead atoms. The van der Waals surface area contributed by atoms with E-state index in [0.29, 0.717) is 0 Å². The highest BCUT2D eigenvalue weighted by atomic mass is 31.1. The molecule has 0 aliphatic carbocycles. The van der Waals surface area contributed by atoms with Gasteiger partial charge in [0.1, 0.15) is 22.7 Å². The molecule has 0 saturated heterocycles. The number of hydrogen-bond donors (Lipinski definition) is 0. The summed E-state index contributed by atoms with van der Waals surface area (Å²) in [6.45, 7) is 19.0. The Hall–Kier alpha value is -2.10. The molecule has 0 saturated carbocycles. The minimum absolute atomic E-state index is 0.183. The van der Waals surface area contributed by atoms with Crippen LogP contribution in [0, 0.1) is 0 Å². The summed E-state index contributed by atoms with van der Waals surface area (Å²) in [6.07, 6.45) is 0. The van der Waals surface area contributed by atoms with Crippen molar-refractivity contribution >= 4 is 30.2 Å². The van der Waals surface area contributed by atoms with Crippen molar-refractivity contribution in [1.82, 2.24) is 0 Å². The molecule has 0 atom stereocenters. The van der Waals surface area contributed by atoms with Gasteiger partial charge in [-0.3, -0.25) is 4.52 Å². The van der Waals surface area contributed by atoms with E-state index in [4.69, 9.17) is 22.4 Å². The Balaban J connectivity index is 2.67. The van der Waals surface area contributed by atoms with E-state index in [1.807, 2.05) is 45.0 Å². The van der Waals surface area contributed by atoms with Crippen molar-refractivity contribution in [2.45, 2.75) is 78.7 Å². The molecule has 6 heteroatoms.